The van der Waals surface area contributed by atoms with Gasteiger partial charge in [-0.1, -0.05) is 74.9 Å². The van der Waals surface area contributed by atoms with Crippen molar-refractivity contribution in [3.05, 3.63) is 70.8 Å². The van der Waals surface area contributed by atoms with Gasteiger partial charge in [-0.15, -0.1) is 0 Å². The molecule has 1 unspecified atom stereocenters. The van der Waals surface area contributed by atoms with Gasteiger partial charge in [0, 0.05) is 6.04 Å². The summed E-state index contributed by atoms with van der Waals surface area (Å²) in [6, 6.07) is 18.0. The van der Waals surface area contributed by atoms with Gasteiger partial charge in [-0.3, -0.25) is 0 Å². The fraction of sp³-hybridized carbons (Fsp3) is 0.400. The number of hydrogen-bond acceptors (Lipinski definition) is 1. The Morgan fingerprint density at radius 3 is 2.14 bits per heavy atom. The minimum atomic E-state index is 0.166. The molecule has 0 heterocycles. The maximum atomic E-state index is 3.49. The molecule has 0 spiro atoms. The summed E-state index contributed by atoms with van der Waals surface area (Å²) in [6.45, 7) is 8.98. The third-order valence-electron chi connectivity index (χ3n) is 4.05. The van der Waals surface area contributed by atoms with Crippen molar-refractivity contribution in [3.8, 4) is 0 Å². The van der Waals surface area contributed by atoms with Gasteiger partial charge in [0.25, 0.3) is 0 Å². The van der Waals surface area contributed by atoms with E-state index >= 15 is 0 Å². The van der Waals surface area contributed by atoms with Crippen molar-refractivity contribution in [1.82, 2.24) is 5.32 Å². The van der Waals surface area contributed by atoms with Gasteiger partial charge in [-0.25, -0.2) is 0 Å². The Morgan fingerprint density at radius 2 is 1.57 bits per heavy atom. The highest BCUT2D eigenvalue weighted by molar-refractivity contribution is 5.36. The van der Waals surface area contributed by atoms with Crippen molar-refractivity contribution < 1.29 is 0 Å². The molecule has 0 aliphatic heterocycles. The molecule has 1 N–H and O–H groups in total. The van der Waals surface area contributed by atoms with Crippen LogP contribution in [0.5, 0.6) is 0 Å². The highest BCUT2D eigenvalue weighted by atomic mass is 14.9. The van der Waals surface area contributed by atoms with Gasteiger partial charge in [-0.2, -0.15) is 0 Å². The van der Waals surface area contributed by atoms with Gasteiger partial charge >= 0.3 is 0 Å². The fourth-order valence-corrected chi connectivity index (χ4v) is 2.81. The molecule has 2 rings (SSSR count). The minimum Gasteiger partial charge on any atom is -0.313 e. The zero-order valence-corrected chi connectivity index (χ0v) is 13.9. The van der Waals surface area contributed by atoms with Gasteiger partial charge in [0.05, 0.1) is 0 Å². The first kappa shape index (κ1) is 15.8. The van der Waals surface area contributed by atoms with Crippen molar-refractivity contribution in [2.24, 2.45) is 0 Å². The van der Waals surface area contributed by atoms with Gasteiger partial charge in [0.2, 0.25) is 0 Å². The Bertz CT molecular complexity index is 576. The van der Waals surface area contributed by atoms with Crippen LogP contribution in [0, 0.1) is 6.92 Å². The van der Waals surface area contributed by atoms with E-state index in [0.29, 0.717) is 6.04 Å². The van der Waals surface area contributed by atoms with E-state index in [0.717, 1.165) is 6.42 Å². The number of likely N-dealkylation sites (N-methyl/N-ethyl adjacent to an activating group) is 1. The lowest BCUT2D eigenvalue weighted by atomic mass is 9.81. The summed E-state index contributed by atoms with van der Waals surface area (Å²) in [5, 5.41) is 3.49. The van der Waals surface area contributed by atoms with E-state index < -0.39 is 0 Å². The molecule has 112 valence electrons. The molecule has 0 bridgehead atoms. The third kappa shape index (κ3) is 3.95. The van der Waals surface area contributed by atoms with Crippen molar-refractivity contribution in [2.75, 3.05) is 7.05 Å². The molecule has 0 radical (unpaired) electrons. The second kappa shape index (κ2) is 6.44. The third-order valence-corrected chi connectivity index (χ3v) is 4.05. The molecule has 0 aromatic heterocycles. The molecule has 2 aromatic rings. The standard InChI is InChI=1S/C20H27N/c1-15-10-12-16(13-11-15)14-19(21-5)17-8-6-7-9-18(17)20(2,3)4/h6-13,19,21H,14H2,1-5H3. The quantitative estimate of drug-likeness (QED) is 0.849. The predicted octanol–water partition coefficient (Wildman–Crippen LogP) is 4.80. The predicted molar refractivity (Wildman–Crippen MR) is 91.8 cm³/mol. The Balaban J connectivity index is 2.32. The lowest BCUT2D eigenvalue weighted by molar-refractivity contribution is 0.539. The summed E-state index contributed by atoms with van der Waals surface area (Å²) in [4.78, 5) is 0. The second-order valence-electron chi connectivity index (χ2n) is 6.87. The van der Waals surface area contributed by atoms with Crippen LogP contribution in [0.25, 0.3) is 0 Å². The summed E-state index contributed by atoms with van der Waals surface area (Å²) >= 11 is 0. The summed E-state index contributed by atoms with van der Waals surface area (Å²) in [5.74, 6) is 0. The zero-order valence-electron chi connectivity index (χ0n) is 13.9. The molecule has 0 saturated carbocycles. The lowest BCUT2D eigenvalue weighted by Crippen LogP contribution is -2.24. The van der Waals surface area contributed by atoms with E-state index in [-0.39, 0.29) is 5.41 Å². The molecule has 2 aromatic carbocycles. The van der Waals surface area contributed by atoms with Crippen LogP contribution >= 0.6 is 0 Å². The molecule has 0 aliphatic carbocycles. The molecule has 0 saturated heterocycles. The van der Waals surface area contributed by atoms with Crippen molar-refractivity contribution in [2.45, 2.75) is 45.6 Å². The van der Waals surface area contributed by atoms with Crippen LogP contribution in [0.3, 0.4) is 0 Å². The first-order valence-corrected chi connectivity index (χ1v) is 7.74. The largest absolute Gasteiger partial charge is 0.313 e. The average Bonchev–Trinajstić information content (AvgIpc) is 2.46. The van der Waals surface area contributed by atoms with Gasteiger partial charge < -0.3 is 5.32 Å². The van der Waals surface area contributed by atoms with Crippen molar-refractivity contribution >= 4 is 0 Å². The van der Waals surface area contributed by atoms with E-state index in [1.165, 1.54) is 22.3 Å². The Hall–Kier alpha value is -1.60. The lowest BCUT2D eigenvalue weighted by Gasteiger charge is -2.27. The second-order valence-corrected chi connectivity index (χ2v) is 6.87. The van der Waals surface area contributed by atoms with Crippen LogP contribution < -0.4 is 5.32 Å². The fourth-order valence-electron chi connectivity index (χ4n) is 2.81. The van der Waals surface area contributed by atoms with Crippen molar-refractivity contribution in [1.29, 1.82) is 0 Å². The normalized spacial score (nSPS) is 13.2. The Morgan fingerprint density at radius 1 is 0.952 bits per heavy atom. The summed E-state index contributed by atoms with van der Waals surface area (Å²) in [5.41, 5.74) is 5.70. The molecule has 0 aliphatic rings. The summed E-state index contributed by atoms with van der Waals surface area (Å²) < 4.78 is 0. The maximum Gasteiger partial charge on any atom is 0.0361 e. The maximum absolute atomic E-state index is 3.49. The van der Waals surface area contributed by atoms with E-state index in [4.69, 9.17) is 0 Å². The monoisotopic (exact) mass is 281 g/mol. The van der Waals surface area contributed by atoms with Crippen LogP contribution in [0.15, 0.2) is 48.5 Å². The average molecular weight is 281 g/mol. The smallest absolute Gasteiger partial charge is 0.0361 e. The van der Waals surface area contributed by atoms with Crippen LogP contribution in [-0.2, 0) is 11.8 Å². The molecular weight excluding hydrogens is 254 g/mol. The molecule has 0 fully saturated rings. The van der Waals surface area contributed by atoms with Crippen LogP contribution in [0.4, 0.5) is 0 Å². The zero-order chi connectivity index (χ0) is 15.5. The molecule has 21 heavy (non-hydrogen) atoms. The van der Waals surface area contributed by atoms with E-state index in [1.54, 1.807) is 0 Å². The number of benzene rings is 2. The molecule has 1 heteroatoms. The van der Waals surface area contributed by atoms with Gasteiger partial charge in [0.15, 0.2) is 0 Å². The van der Waals surface area contributed by atoms with Crippen LogP contribution in [0.2, 0.25) is 0 Å². The van der Waals surface area contributed by atoms with E-state index in [9.17, 15) is 0 Å². The highest BCUT2D eigenvalue weighted by Gasteiger charge is 2.21. The number of nitrogens with one attached hydrogen (secondary N) is 1. The molecular formula is C20H27N. The number of aryl methyl sites for hydroxylation is 1. The summed E-state index contributed by atoms with van der Waals surface area (Å²) in [6.07, 6.45) is 1.02. The number of rotatable bonds is 4. The van der Waals surface area contributed by atoms with Gasteiger partial charge in [-0.05, 0) is 42.5 Å². The SMILES string of the molecule is CNC(Cc1ccc(C)cc1)c1ccccc1C(C)(C)C. The van der Waals surface area contributed by atoms with Crippen molar-refractivity contribution in [3.63, 3.8) is 0 Å². The number of hydrogen-bond donors (Lipinski definition) is 1. The topological polar surface area (TPSA) is 12.0 Å². The molecule has 0 amide bonds. The first-order chi connectivity index (χ1) is 9.91. The molecule has 1 atom stereocenters. The van der Waals surface area contributed by atoms with Crippen LogP contribution in [-0.4, -0.2) is 7.05 Å². The molecule has 1 nitrogen and oxygen atoms in total. The highest BCUT2D eigenvalue weighted by Crippen LogP contribution is 2.31. The Kier molecular flexibility index (Phi) is 4.84. The summed E-state index contributed by atoms with van der Waals surface area (Å²) in [7, 11) is 2.05. The minimum absolute atomic E-state index is 0.166. The van der Waals surface area contributed by atoms with E-state index in [1.807, 2.05) is 0 Å². The van der Waals surface area contributed by atoms with Gasteiger partial charge in [0.1, 0.15) is 0 Å². The first-order valence-electron chi connectivity index (χ1n) is 7.74. The van der Waals surface area contributed by atoms with Crippen LogP contribution in [0.1, 0.15) is 49.1 Å². The Labute approximate surface area is 129 Å². The van der Waals surface area contributed by atoms with E-state index in [2.05, 4.69) is 88.6 Å².